The lowest BCUT2D eigenvalue weighted by molar-refractivity contribution is -0.113. The first-order chi connectivity index (χ1) is 15.1. The third-order valence-corrected chi connectivity index (χ3v) is 6.38. The Kier molecular flexibility index (Phi) is 6.70. The van der Waals surface area contributed by atoms with Crippen molar-refractivity contribution in [2.45, 2.75) is 6.61 Å². The van der Waals surface area contributed by atoms with Crippen LogP contribution in [0.3, 0.4) is 0 Å². The molecule has 1 aromatic heterocycles. The molecule has 1 fully saturated rings. The molecule has 2 heterocycles. The van der Waals surface area contributed by atoms with Gasteiger partial charge in [-0.25, -0.2) is 0 Å². The molecule has 0 aliphatic carbocycles. The molecule has 3 aromatic rings. The maximum absolute atomic E-state index is 13.0. The van der Waals surface area contributed by atoms with Crippen LogP contribution in [0.1, 0.15) is 11.1 Å². The highest BCUT2D eigenvalue weighted by molar-refractivity contribution is 9.10. The van der Waals surface area contributed by atoms with Gasteiger partial charge < -0.3 is 9.47 Å². The SMILES string of the molecule is COc1cc(/C=C2/SC(=S)N(c3ccccc3)C2=O)cc(Br)c1OCc1ccncc1. The van der Waals surface area contributed by atoms with Crippen LogP contribution in [0, 0.1) is 0 Å². The van der Waals surface area contributed by atoms with Crippen LogP contribution in [0.5, 0.6) is 11.5 Å². The number of amides is 1. The maximum Gasteiger partial charge on any atom is 0.270 e. The van der Waals surface area contributed by atoms with Crippen molar-refractivity contribution in [3.63, 3.8) is 0 Å². The maximum atomic E-state index is 13.0. The van der Waals surface area contributed by atoms with Crippen molar-refractivity contribution < 1.29 is 14.3 Å². The number of pyridine rings is 1. The Morgan fingerprint density at radius 3 is 2.61 bits per heavy atom. The molecule has 0 spiro atoms. The fraction of sp³-hybridized carbons (Fsp3) is 0.0870. The summed E-state index contributed by atoms with van der Waals surface area (Å²) in [6, 6.07) is 16.9. The second-order valence-electron chi connectivity index (χ2n) is 6.53. The van der Waals surface area contributed by atoms with Crippen molar-refractivity contribution in [3.05, 3.63) is 87.5 Å². The van der Waals surface area contributed by atoms with E-state index in [0.29, 0.717) is 27.3 Å². The van der Waals surface area contributed by atoms with E-state index in [0.717, 1.165) is 21.3 Å². The predicted molar refractivity (Wildman–Crippen MR) is 131 cm³/mol. The molecule has 1 amide bonds. The zero-order valence-electron chi connectivity index (χ0n) is 16.4. The van der Waals surface area contributed by atoms with E-state index < -0.39 is 0 Å². The van der Waals surface area contributed by atoms with Gasteiger partial charge in [-0.3, -0.25) is 14.7 Å². The summed E-state index contributed by atoms with van der Waals surface area (Å²) in [5.41, 5.74) is 2.55. The third kappa shape index (κ3) is 4.81. The van der Waals surface area contributed by atoms with Gasteiger partial charge in [0.2, 0.25) is 0 Å². The number of carbonyl (C=O) groups excluding carboxylic acids is 1. The normalized spacial score (nSPS) is 14.9. The zero-order chi connectivity index (χ0) is 21.8. The Labute approximate surface area is 198 Å². The van der Waals surface area contributed by atoms with Crippen LogP contribution in [0.2, 0.25) is 0 Å². The number of para-hydroxylation sites is 1. The summed E-state index contributed by atoms with van der Waals surface area (Å²) in [4.78, 5) is 19.1. The van der Waals surface area contributed by atoms with Crippen molar-refractivity contribution in [1.29, 1.82) is 0 Å². The number of carbonyl (C=O) groups is 1. The van der Waals surface area contributed by atoms with E-state index >= 15 is 0 Å². The van der Waals surface area contributed by atoms with Crippen molar-refractivity contribution in [2.75, 3.05) is 12.0 Å². The van der Waals surface area contributed by atoms with Crippen LogP contribution in [0.4, 0.5) is 5.69 Å². The Balaban J connectivity index is 1.59. The smallest absolute Gasteiger partial charge is 0.270 e. The summed E-state index contributed by atoms with van der Waals surface area (Å²) in [6.07, 6.45) is 5.25. The number of benzene rings is 2. The highest BCUT2D eigenvalue weighted by Gasteiger charge is 2.33. The first-order valence-electron chi connectivity index (χ1n) is 9.29. The molecule has 0 radical (unpaired) electrons. The molecule has 1 aliphatic heterocycles. The molecule has 1 aliphatic rings. The fourth-order valence-corrected chi connectivity index (χ4v) is 4.89. The van der Waals surface area contributed by atoms with E-state index in [2.05, 4.69) is 20.9 Å². The van der Waals surface area contributed by atoms with E-state index in [-0.39, 0.29) is 5.91 Å². The summed E-state index contributed by atoms with van der Waals surface area (Å²) in [7, 11) is 1.58. The number of hydrogen-bond acceptors (Lipinski definition) is 6. The molecule has 0 unspecified atom stereocenters. The number of hydrogen-bond donors (Lipinski definition) is 0. The summed E-state index contributed by atoms with van der Waals surface area (Å²) in [6.45, 7) is 0.382. The second-order valence-corrected chi connectivity index (χ2v) is 9.06. The second kappa shape index (κ2) is 9.64. The lowest BCUT2D eigenvalue weighted by atomic mass is 10.1. The molecule has 0 saturated carbocycles. The van der Waals surface area contributed by atoms with Gasteiger partial charge in [0.05, 0.1) is 22.2 Å². The van der Waals surface area contributed by atoms with Crippen LogP contribution >= 0.6 is 39.9 Å². The van der Waals surface area contributed by atoms with Crippen molar-refractivity contribution >= 4 is 61.9 Å². The molecule has 0 N–H and O–H groups in total. The number of thioether (sulfide) groups is 1. The van der Waals surface area contributed by atoms with E-state index in [1.807, 2.05) is 60.7 Å². The predicted octanol–water partition coefficient (Wildman–Crippen LogP) is 5.84. The molecule has 5 nitrogen and oxygen atoms in total. The van der Waals surface area contributed by atoms with Gasteiger partial charge >= 0.3 is 0 Å². The van der Waals surface area contributed by atoms with Gasteiger partial charge in [0.1, 0.15) is 6.61 Å². The Morgan fingerprint density at radius 1 is 1.16 bits per heavy atom. The van der Waals surface area contributed by atoms with Crippen LogP contribution in [0.15, 0.2) is 76.4 Å². The minimum absolute atomic E-state index is 0.144. The van der Waals surface area contributed by atoms with Crippen molar-refractivity contribution in [3.8, 4) is 11.5 Å². The topological polar surface area (TPSA) is 51.7 Å². The van der Waals surface area contributed by atoms with Gasteiger partial charge in [0.25, 0.3) is 5.91 Å². The Hall–Kier alpha value is -2.68. The number of aromatic nitrogens is 1. The molecule has 2 aromatic carbocycles. The largest absolute Gasteiger partial charge is 0.493 e. The highest BCUT2D eigenvalue weighted by Crippen LogP contribution is 2.40. The fourth-order valence-electron chi connectivity index (χ4n) is 3.02. The molecule has 0 atom stereocenters. The first kappa shape index (κ1) is 21.5. The zero-order valence-corrected chi connectivity index (χ0v) is 19.7. The molecule has 1 saturated heterocycles. The van der Waals surface area contributed by atoms with Gasteiger partial charge in [-0.2, -0.15) is 0 Å². The molecule has 4 rings (SSSR count). The number of methoxy groups -OCH3 is 1. The van der Waals surface area contributed by atoms with E-state index in [1.165, 1.54) is 11.8 Å². The highest BCUT2D eigenvalue weighted by atomic mass is 79.9. The molecule has 156 valence electrons. The minimum Gasteiger partial charge on any atom is -0.493 e. The summed E-state index contributed by atoms with van der Waals surface area (Å²) >= 11 is 10.3. The van der Waals surface area contributed by atoms with Crippen LogP contribution in [0.25, 0.3) is 6.08 Å². The molecule has 0 bridgehead atoms. The van der Waals surface area contributed by atoms with E-state index in [4.69, 9.17) is 21.7 Å². The Morgan fingerprint density at radius 2 is 1.90 bits per heavy atom. The van der Waals surface area contributed by atoms with E-state index in [1.54, 1.807) is 24.4 Å². The molecular weight excluding hydrogens is 496 g/mol. The molecular formula is C23H17BrN2O3S2. The number of thiocarbonyl (C=S) groups is 1. The van der Waals surface area contributed by atoms with Gasteiger partial charge in [0.15, 0.2) is 15.8 Å². The Bertz CT molecular complexity index is 1150. The lowest BCUT2D eigenvalue weighted by Gasteiger charge is -2.14. The van der Waals surface area contributed by atoms with Gasteiger partial charge in [-0.15, -0.1) is 0 Å². The first-order valence-corrected chi connectivity index (χ1v) is 11.3. The summed E-state index contributed by atoms with van der Waals surface area (Å²) in [5.74, 6) is 1.01. The number of anilines is 1. The average Bonchev–Trinajstić information content (AvgIpc) is 3.06. The number of ether oxygens (including phenoxy) is 2. The molecule has 31 heavy (non-hydrogen) atoms. The standard InChI is InChI=1S/C23H17BrN2O3S2/c1-28-19-12-16(11-18(24)21(19)29-14-15-7-9-25-10-8-15)13-20-22(27)26(23(30)31-20)17-5-3-2-4-6-17/h2-13H,14H2,1H3/b20-13+. The number of rotatable bonds is 6. The molecule has 8 heteroatoms. The van der Waals surface area contributed by atoms with Crippen LogP contribution < -0.4 is 14.4 Å². The van der Waals surface area contributed by atoms with Crippen LogP contribution in [-0.2, 0) is 11.4 Å². The quantitative estimate of drug-likeness (QED) is 0.305. The van der Waals surface area contributed by atoms with Crippen LogP contribution in [-0.4, -0.2) is 22.3 Å². The average molecular weight is 513 g/mol. The minimum atomic E-state index is -0.144. The summed E-state index contributed by atoms with van der Waals surface area (Å²) < 4.78 is 12.7. The number of nitrogens with zero attached hydrogens (tertiary/aromatic N) is 2. The monoisotopic (exact) mass is 512 g/mol. The lowest BCUT2D eigenvalue weighted by Crippen LogP contribution is -2.27. The number of halogens is 1. The van der Waals surface area contributed by atoms with Gasteiger partial charge in [-0.1, -0.05) is 42.2 Å². The van der Waals surface area contributed by atoms with Crippen molar-refractivity contribution in [1.82, 2.24) is 4.98 Å². The van der Waals surface area contributed by atoms with Gasteiger partial charge in [-0.05, 0) is 69.5 Å². The van der Waals surface area contributed by atoms with E-state index in [9.17, 15) is 4.79 Å². The summed E-state index contributed by atoms with van der Waals surface area (Å²) in [5, 5.41) is 0. The van der Waals surface area contributed by atoms with Gasteiger partial charge in [0, 0.05) is 12.4 Å². The van der Waals surface area contributed by atoms with Crippen molar-refractivity contribution in [2.24, 2.45) is 0 Å². The third-order valence-electron chi connectivity index (χ3n) is 4.49.